The van der Waals surface area contributed by atoms with E-state index in [2.05, 4.69) is 9.97 Å². The zero-order chi connectivity index (χ0) is 17.0. The van der Waals surface area contributed by atoms with Crippen LogP contribution >= 0.6 is 0 Å². The van der Waals surface area contributed by atoms with E-state index in [0.717, 1.165) is 25.0 Å². The molecule has 4 N–H and O–H groups in total. The van der Waals surface area contributed by atoms with Gasteiger partial charge in [0.2, 0.25) is 5.95 Å². The van der Waals surface area contributed by atoms with Crippen LogP contribution in [0.15, 0.2) is 12.1 Å². The molecule has 1 aromatic carbocycles. The summed E-state index contributed by atoms with van der Waals surface area (Å²) in [7, 11) is 0. The molecule has 0 saturated carbocycles. The van der Waals surface area contributed by atoms with Gasteiger partial charge in [0.05, 0.1) is 12.2 Å². The van der Waals surface area contributed by atoms with Crippen molar-refractivity contribution in [3.8, 4) is 23.1 Å². The third-order valence-electron chi connectivity index (χ3n) is 3.09. The molecule has 2 rings (SSSR count). The van der Waals surface area contributed by atoms with E-state index in [0.29, 0.717) is 6.61 Å². The summed E-state index contributed by atoms with van der Waals surface area (Å²) in [5.74, 6) is -2.31. The Morgan fingerprint density at radius 3 is 2.43 bits per heavy atom. The van der Waals surface area contributed by atoms with E-state index in [-0.39, 0.29) is 28.8 Å². The van der Waals surface area contributed by atoms with Gasteiger partial charge < -0.3 is 16.2 Å². The third kappa shape index (κ3) is 3.45. The molecule has 2 aromatic rings. The predicted molar refractivity (Wildman–Crippen MR) is 81.3 cm³/mol. The van der Waals surface area contributed by atoms with E-state index in [9.17, 15) is 8.78 Å². The van der Waals surface area contributed by atoms with E-state index in [1.54, 1.807) is 6.07 Å². The molecule has 0 fully saturated rings. The number of aromatic nitrogens is 2. The van der Waals surface area contributed by atoms with E-state index in [4.69, 9.17) is 21.5 Å². The highest BCUT2D eigenvalue weighted by Crippen LogP contribution is 2.32. The summed E-state index contributed by atoms with van der Waals surface area (Å²) in [6.07, 6.45) is 1.66. The number of hydrogen-bond donors (Lipinski definition) is 2. The van der Waals surface area contributed by atoms with Gasteiger partial charge in [-0.25, -0.2) is 13.8 Å². The molecule has 0 amide bonds. The van der Waals surface area contributed by atoms with Crippen molar-refractivity contribution in [2.24, 2.45) is 0 Å². The molecule has 0 unspecified atom stereocenters. The van der Waals surface area contributed by atoms with Crippen molar-refractivity contribution in [1.82, 2.24) is 9.97 Å². The van der Waals surface area contributed by atoms with Crippen LogP contribution in [0, 0.1) is 23.0 Å². The van der Waals surface area contributed by atoms with Crippen molar-refractivity contribution in [1.29, 1.82) is 5.26 Å². The van der Waals surface area contributed by atoms with E-state index in [1.165, 1.54) is 0 Å². The number of nitrogens with two attached hydrogens (primary N) is 2. The van der Waals surface area contributed by atoms with E-state index >= 15 is 0 Å². The highest BCUT2D eigenvalue weighted by molar-refractivity contribution is 5.74. The fourth-order valence-electron chi connectivity index (χ4n) is 1.98. The fourth-order valence-corrected chi connectivity index (χ4v) is 1.98. The molecule has 0 saturated heterocycles. The lowest BCUT2D eigenvalue weighted by Crippen LogP contribution is -2.07. The highest BCUT2D eigenvalue weighted by Gasteiger charge is 2.21. The normalized spacial score (nSPS) is 10.3. The molecule has 8 heteroatoms. The zero-order valence-corrected chi connectivity index (χ0v) is 12.4. The van der Waals surface area contributed by atoms with Gasteiger partial charge in [-0.2, -0.15) is 10.2 Å². The summed E-state index contributed by atoms with van der Waals surface area (Å²) in [5, 5.41) is 9.11. The minimum absolute atomic E-state index is 0.0608. The van der Waals surface area contributed by atoms with Crippen LogP contribution in [0.1, 0.15) is 25.3 Å². The maximum atomic E-state index is 14.3. The Balaban J connectivity index is 2.51. The molecule has 0 aliphatic heterocycles. The van der Waals surface area contributed by atoms with E-state index in [1.807, 2.05) is 6.92 Å². The van der Waals surface area contributed by atoms with Gasteiger partial charge in [-0.05, 0) is 6.42 Å². The van der Waals surface area contributed by atoms with E-state index < -0.39 is 17.2 Å². The van der Waals surface area contributed by atoms with Crippen LogP contribution < -0.4 is 16.2 Å². The summed E-state index contributed by atoms with van der Waals surface area (Å²) >= 11 is 0. The molecule has 0 aliphatic carbocycles. The summed E-state index contributed by atoms with van der Waals surface area (Å²) in [6.45, 7) is 2.33. The molecule has 0 spiro atoms. The number of ether oxygens (including phenoxy) is 1. The van der Waals surface area contributed by atoms with Crippen LogP contribution in [0.2, 0.25) is 0 Å². The Kier molecular flexibility index (Phi) is 4.91. The first kappa shape index (κ1) is 16.4. The first-order chi connectivity index (χ1) is 11.0. The van der Waals surface area contributed by atoms with Crippen LogP contribution in [0.25, 0.3) is 11.3 Å². The van der Waals surface area contributed by atoms with Gasteiger partial charge in [0.25, 0.3) is 0 Å². The van der Waals surface area contributed by atoms with Gasteiger partial charge in [0.1, 0.15) is 40.5 Å². The molecular weight excluding hydrogens is 304 g/mol. The summed E-state index contributed by atoms with van der Waals surface area (Å²) < 4.78 is 33.9. The predicted octanol–water partition coefficient (Wildman–Crippen LogP) is 2.64. The van der Waals surface area contributed by atoms with Gasteiger partial charge in [-0.3, -0.25) is 0 Å². The number of anilines is 2. The van der Waals surface area contributed by atoms with Crippen molar-refractivity contribution in [3.63, 3.8) is 0 Å². The number of hydrogen-bond acceptors (Lipinski definition) is 6. The Morgan fingerprint density at radius 2 is 1.87 bits per heavy atom. The average Bonchev–Trinajstić information content (AvgIpc) is 2.46. The SMILES string of the molecule is CCCCOc1cc(F)c(-c2nc(N)nc(N)c2C#N)c(F)c1. The smallest absolute Gasteiger partial charge is 0.222 e. The lowest BCUT2D eigenvalue weighted by atomic mass is 10.1. The molecule has 1 heterocycles. The number of unbranched alkanes of at least 4 members (excludes halogenated alkanes) is 1. The second kappa shape index (κ2) is 6.87. The molecule has 0 radical (unpaired) electrons. The molecule has 0 bridgehead atoms. The quantitative estimate of drug-likeness (QED) is 0.820. The summed E-state index contributed by atoms with van der Waals surface area (Å²) in [6, 6.07) is 3.79. The lowest BCUT2D eigenvalue weighted by Gasteiger charge is -2.11. The maximum Gasteiger partial charge on any atom is 0.222 e. The molecule has 1 aromatic heterocycles. The molecule has 0 aliphatic rings. The first-order valence-corrected chi connectivity index (χ1v) is 6.93. The minimum Gasteiger partial charge on any atom is -0.493 e. The summed E-state index contributed by atoms with van der Waals surface area (Å²) in [4.78, 5) is 7.35. The first-order valence-electron chi connectivity index (χ1n) is 6.93. The number of rotatable bonds is 5. The number of nitrogens with zero attached hydrogens (tertiary/aromatic N) is 3. The van der Waals surface area contributed by atoms with Gasteiger partial charge in [-0.1, -0.05) is 13.3 Å². The topological polar surface area (TPSA) is 111 Å². The molecular formula is C15H15F2N5O. The fraction of sp³-hybridized carbons (Fsp3) is 0.267. The van der Waals surface area contributed by atoms with Crippen LogP contribution in [0.3, 0.4) is 0 Å². The largest absolute Gasteiger partial charge is 0.493 e. The minimum atomic E-state index is -0.925. The maximum absolute atomic E-state index is 14.3. The molecule has 0 atom stereocenters. The number of halogens is 2. The zero-order valence-electron chi connectivity index (χ0n) is 12.4. The van der Waals surface area contributed by atoms with Crippen molar-refractivity contribution in [2.75, 3.05) is 18.1 Å². The molecule has 23 heavy (non-hydrogen) atoms. The average molecular weight is 319 g/mol. The third-order valence-corrected chi connectivity index (χ3v) is 3.09. The number of nitriles is 1. The second-order valence-corrected chi connectivity index (χ2v) is 4.77. The van der Waals surface area contributed by atoms with Gasteiger partial charge in [0.15, 0.2) is 0 Å². The van der Waals surface area contributed by atoms with Crippen molar-refractivity contribution < 1.29 is 13.5 Å². The van der Waals surface area contributed by atoms with Crippen molar-refractivity contribution >= 4 is 11.8 Å². The standard InChI is InChI=1S/C15H15F2N5O/c1-2-3-4-23-8-5-10(16)12(11(17)6-8)13-9(7-18)14(19)22-15(20)21-13/h5-6H,2-4H2,1H3,(H4,19,20,21,22). The number of nitrogen functional groups attached to an aromatic ring is 2. The van der Waals surface area contributed by atoms with Crippen LogP contribution in [0.4, 0.5) is 20.5 Å². The Bertz CT molecular complexity index is 750. The highest BCUT2D eigenvalue weighted by atomic mass is 19.1. The monoisotopic (exact) mass is 319 g/mol. The van der Waals surface area contributed by atoms with Gasteiger partial charge >= 0.3 is 0 Å². The molecule has 120 valence electrons. The lowest BCUT2D eigenvalue weighted by molar-refractivity contribution is 0.306. The number of benzene rings is 1. The van der Waals surface area contributed by atoms with Crippen molar-refractivity contribution in [2.45, 2.75) is 19.8 Å². The van der Waals surface area contributed by atoms with Gasteiger partial charge in [0, 0.05) is 12.1 Å². The van der Waals surface area contributed by atoms with Crippen LogP contribution in [0.5, 0.6) is 5.75 Å². The van der Waals surface area contributed by atoms with Crippen LogP contribution in [-0.2, 0) is 0 Å². The van der Waals surface area contributed by atoms with Crippen molar-refractivity contribution in [3.05, 3.63) is 29.3 Å². The molecule has 6 nitrogen and oxygen atoms in total. The second-order valence-electron chi connectivity index (χ2n) is 4.77. The van der Waals surface area contributed by atoms with Crippen LogP contribution in [-0.4, -0.2) is 16.6 Å². The van der Waals surface area contributed by atoms with Gasteiger partial charge in [-0.15, -0.1) is 0 Å². The Hall–Kier alpha value is -2.95. The Labute approximate surface area is 131 Å². The Morgan fingerprint density at radius 1 is 1.22 bits per heavy atom. The summed E-state index contributed by atoms with van der Waals surface area (Å²) in [5.41, 5.74) is 9.99.